The lowest BCUT2D eigenvalue weighted by atomic mass is 10.2. The van der Waals surface area contributed by atoms with Crippen molar-refractivity contribution in [3.05, 3.63) is 40.5 Å². The summed E-state index contributed by atoms with van der Waals surface area (Å²) < 4.78 is 0. The Morgan fingerprint density at radius 1 is 0.519 bits per heavy atom. The third-order valence-corrected chi connectivity index (χ3v) is 4.53. The number of nitro groups is 4. The second-order valence-electron chi connectivity index (χ2n) is 5.41. The summed E-state index contributed by atoms with van der Waals surface area (Å²) in [6.45, 7) is 0. The Kier molecular flexibility index (Phi) is 5.21. The lowest BCUT2D eigenvalue weighted by Gasteiger charge is -2.35. The van der Waals surface area contributed by atoms with Crippen molar-refractivity contribution in [1.29, 1.82) is 0 Å². The predicted octanol–water partition coefficient (Wildman–Crippen LogP) is -1.94. The Morgan fingerprint density at radius 2 is 0.704 bits per heavy atom. The lowest BCUT2D eigenvalue weighted by Crippen LogP contribution is -2.73. The molecule has 0 amide bonds. The summed E-state index contributed by atoms with van der Waals surface area (Å²) in [5, 5.41) is 48.3. The zero-order chi connectivity index (χ0) is 17.5. The van der Waals surface area contributed by atoms with Gasteiger partial charge >= 0.3 is 0 Å². The second-order valence-corrected chi connectivity index (χ2v) is 5.41. The molecular weight excluding hydrogens is 376 g/mol. The van der Waals surface area contributed by atoms with E-state index < -0.39 is 57.1 Å². The Hall–Kier alpha value is -3.28. The number of hydrogen-bond donors (Lipinski definition) is 2. The number of rotatable bonds is 4. The molecule has 5 heterocycles. The fourth-order valence-electron chi connectivity index (χ4n) is 3.84. The van der Waals surface area contributed by atoms with Crippen molar-refractivity contribution in [2.24, 2.45) is 0 Å². The number of nitrogens with zero attached hydrogens (tertiary/aromatic N) is 8. The molecule has 0 aromatic carbocycles. The Bertz CT molecular complexity index is 569. The molecular formula is C9H20N10O8. The maximum absolute atomic E-state index is 11.4. The molecule has 5 aliphatic heterocycles. The molecule has 0 aromatic heterocycles. The van der Waals surface area contributed by atoms with Crippen LogP contribution in [0.5, 0.6) is 0 Å². The van der Waals surface area contributed by atoms with Gasteiger partial charge in [-0.2, -0.15) is 0 Å². The van der Waals surface area contributed by atoms with Crippen molar-refractivity contribution in [1.82, 2.24) is 30.7 Å². The van der Waals surface area contributed by atoms with E-state index in [0.717, 1.165) is 0 Å². The number of hydrazine groups is 4. The molecule has 154 valence electrons. The lowest BCUT2D eigenvalue weighted by molar-refractivity contribution is -0.746. The molecule has 4 atom stereocenters. The molecule has 0 aliphatic carbocycles. The largest absolute Gasteiger partial charge is 0.271 e. The Balaban J connectivity index is 0.00000121. The molecule has 4 unspecified atom stereocenters. The maximum Gasteiger partial charge on any atom is 0.271 e. The van der Waals surface area contributed by atoms with Crippen LogP contribution in [0.3, 0.4) is 0 Å². The van der Waals surface area contributed by atoms with E-state index in [1.54, 1.807) is 0 Å². The van der Waals surface area contributed by atoms with Crippen LogP contribution in [0.15, 0.2) is 0 Å². The maximum atomic E-state index is 11.4. The molecule has 0 aromatic rings. The van der Waals surface area contributed by atoms with Gasteiger partial charge in [-0.25, -0.2) is 40.5 Å². The van der Waals surface area contributed by atoms with Gasteiger partial charge in [0.05, 0.1) is 0 Å². The summed E-state index contributed by atoms with van der Waals surface area (Å²) in [7, 11) is 0. The van der Waals surface area contributed by atoms with E-state index in [0.29, 0.717) is 20.0 Å². The van der Waals surface area contributed by atoms with Crippen molar-refractivity contribution in [2.45, 2.75) is 59.3 Å². The fraction of sp³-hybridized carbons (Fsp3) is 1.00. The normalized spacial score (nSPS) is 34.4. The zero-order valence-corrected chi connectivity index (χ0v) is 11.3. The highest BCUT2D eigenvalue weighted by atomic mass is 16.7. The Labute approximate surface area is 151 Å². The second kappa shape index (κ2) is 6.46. The van der Waals surface area contributed by atoms with Gasteiger partial charge in [0.15, 0.2) is 44.8 Å². The van der Waals surface area contributed by atoms with Crippen LogP contribution in [0.4, 0.5) is 0 Å². The van der Waals surface area contributed by atoms with E-state index in [9.17, 15) is 40.5 Å². The summed E-state index contributed by atoms with van der Waals surface area (Å²) in [4.78, 5) is 45.5. The minimum atomic E-state index is -1.85. The van der Waals surface area contributed by atoms with Gasteiger partial charge in [-0.3, -0.25) is 10.6 Å². The average molecular weight is 396 g/mol. The van der Waals surface area contributed by atoms with Gasteiger partial charge in [-0.15, -0.1) is 0 Å². The van der Waals surface area contributed by atoms with Crippen LogP contribution in [-0.2, 0) is 0 Å². The van der Waals surface area contributed by atoms with Crippen LogP contribution < -0.4 is 10.6 Å². The third-order valence-electron chi connectivity index (χ3n) is 4.53. The monoisotopic (exact) mass is 396 g/mol. The molecule has 5 aliphatic rings. The van der Waals surface area contributed by atoms with E-state index >= 15 is 0 Å². The topological polar surface area (TPSA) is 210 Å². The first-order chi connectivity index (χ1) is 11.3. The van der Waals surface area contributed by atoms with Crippen molar-refractivity contribution in [2.75, 3.05) is 0 Å². The first-order valence-electron chi connectivity index (χ1n) is 6.48. The van der Waals surface area contributed by atoms with Crippen molar-refractivity contribution < 1.29 is 20.1 Å². The quantitative estimate of drug-likeness (QED) is 0.391. The molecule has 18 heteroatoms. The molecule has 5 fully saturated rings. The molecule has 18 nitrogen and oxygen atoms in total. The highest BCUT2D eigenvalue weighted by Gasteiger charge is 2.80. The first kappa shape index (κ1) is 21.8. The highest BCUT2D eigenvalue weighted by Crippen LogP contribution is 2.43. The third kappa shape index (κ3) is 2.33. The summed E-state index contributed by atoms with van der Waals surface area (Å²) in [6.07, 6.45) is -8.76. The molecule has 0 spiro atoms. The SMILES string of the molecule is C.C.C.O=[N+]([O-])N1C2NC3C4NC2N([N+](=O)[O-])C1C(N3[N+](=O)[O-])N4[N+](=O)[O-]. The number of piperazine rings is 1. The van der Waals surface area contributed by atoms with Crippen LogP contribution in [0, 0.1) is 40.5 Å². The molecule has 6 bridgehead atoms. The van der Waals surface area contributed by atoms with Crippen molar-refractivity contribution >= 4 is 0 Å². The minimum Gasteiger partial charge on any atom is -0.261 e. The van der Waals surface area contributed by atoms with Gasteiger partial charge in [0.2, 0.25) is 0 Å². The van der Waals surface area contributed by atoms with Gasteiger partial charge in [-0.1, -0.05) is 42.3 Å². The molecule has 0 saturated carbocycles. The smallest absolute Gasteiger partial charge is 0.261 e. The average Bonchev–Trinajstić information content (AvgIpc) is 2.85. The van der Waals surface area contributed by atoms with Gasteiger partial charge in [0, 0.05) is 0 Å². The summed E-state index contributed by atoms with van der Waals surface area (Å²) >= 11 is 0. The Morgan fingerprint density at radius 3 is 0.852 bits per heavy atom. The fourth-order valence-corrected chi connectivity index (χ4v) is 3.84. The van der Waals surface area contributed by atoms with Gasteiger partial charge < -0.3 is 0 Å². The summed E-state index contributed by atoms with van der Waals surface area (Å²) in [5.74, 6) is 0. The van der Waals surface area contributed by atoms with E-state index in [4.69, 9.17) is 0 Å². The van der Waals surface area contributed by atoms with Crippen LogP contribution >= 0.6 is 0 Å². The van der Waals surface area contributed by atoms with Crippen LogP contribution in [0.25, 0.3) is 0 Å². The minimum absolute atomic E-state index is 0. The highest BCUT2D eigenvalue weighted by molar-refractivity contribution is 5.09. The van der Waals surface area contributed by atoms with Gasteiger partial charge in [0.25, 0.3) is 12.3 Å². The molecule has 2 N–H and O–H groups in total. The molecule has 5 rings (SSSR count). The first-order valence-corrected chi connectivity index (χ1v) is 6.48. The summed E-state index contributed by atoms with van der Waals surface area (Å²) in [5.41, 5.74) is 0. The zero-order valence-electron chi connectivity index (χ0n) is 11.3. The van der Waals surface area contributed by atoms with E-state index in [1.165, 1.54) is 0 Å². The predicted molar refractivity (Wildman–Crippen MR) is 84.5 cm³/mol. The standard InChI is InChI=1S/C6H8N10O8.3CH4/c17-13(18)9-1-2-8-4-3(7-1)11(15(21)22)6(12(4)16(23)24)5(9)10(2)14(19)20;;;/h1-8H;3*1H4. The summed E-state index contributed by atoms with van der Waals surface area (Å²) in [6, 6.07) is 0. The molecule has 5 saturated heterocycles. The molecule has 27 heavy (non-hydrogen) atoms. The van der Waals surface area contributed by atoms with Gasteiger partial charge in [0.1, 0.15) is 0 Å². The van der Waals surface area contributed by atoms with E-state index in [1.807, 2.05) is 0 Å². The van der Waals surface area contributed by atoms with E-state index in [2.05, 4.69) is 10.6 Å². The van der Waals surface area contributed by atoms with Gasteiger partial charge in [-0.05, 0) is 0 Å². The van der Waals surface area contributed by atoms with Crippen LogP contribution in [0.1, 0.15) is 22.3 Å². The van der Waals surface area contributed by atoms with E-state index in [-0.39, 0.29) is 22.3 Å². The van der Waals surface area contributed by atoms with Crippen LogP contribution in [-0.4, -0.2) is 77.2 Å². The number of hydrogen-bond acceptors (Lipinski definition) is 10. The van der Waals surface area contributed by atoms with Crippen molar-refractivity contribution in [3.8, 4) is 0 Å². The van der Waals surface area contributed by atoms with Crippen molar-refractivity contribution in [3.63, 3.8) is 0 Å². The van der Waals surface area contributed by atoms with Crippen LogP contribution in [0.2, 0.25) is 0 Å². The number of nitrogens with one attached hydrogen (secondary N) is 2. The molecule has 0 radical (unpaired) electrons.